The highest BCUT2D eigenvalue weighted by Crippen LogP contribution is 2.65. The monoisotopic (exact) mass is 602 g/mol. The SMILES string of the molecule is O=C(O)CCN1C(=O)[C@H]2[C@H](CC=C3[C@H]2C[C@@]2(Cl)C(=O)N(CBr)C(=O)[C@@]2(Cl)[C@H]3c2ccc(CO)o2)C1=O. The van der Waals surface area contributed by atoms with E-state index in [0.717, 1.165) is 9.80 Å². The summed E-state index contributed by atoms with van der Waals surface area (Å²) in [6.45, 7) is -0.670. The number of aliphatic hydroxyl groups is 1. The number of rotatable bonds is 6. The molecule has 2 aliphatic carbocycles. The fraction of sp³-hybridized carbons (Fsp3) is 0.522. The highest BCUT2D eigenvalue weighted by Gasteiger charge is 2.76. The van der Waals surface area contributed by atoms with E-state index in [0.29, 0.717) is 5.57 Å². The summed E-state index contributed by atoms with van der Waals surface area (Å²) < 4.78 is 5.78. The average molecular weight is 604 g/mol. The van der Waals surface area contributed by atoms with Crippen molar-refractivity contribution in [3.63, 3.8) is 0 Å². The van der Waals surface area contributed by atoms with Crippen molar-refractivity contribution in [1.82, 2.24) is 9.80 Å². The van der Waals surface area contributed by atoms with Crippen LogP contribution in [0.2, 0.25) is 0 Å². The smallest absolute Gasteiger partial charge is 0.305 e. The lowest BCUT2D eigenvalue weighted by Gasteiger charge is -2.49. The minimum Gasteiger partial charge on any atom is -0.481 e. The fourth-order valence-corrected chi connectivity index (χ4v) is 7.60. The summed E-state index contributed by atoms with van der Waals surface area (Å²) in [6.07, 6.45) is 1.35. The third-order valence-corrected chi connectivity index (χ3v) is 9.69. The largest absolute Gasteiger partial charge is 0.481 e. The van der Waals surface area contributed by atoms with E-state index >= 15 is 0 Å². The highest BCUT2D eigenvalue weighted by molar-refractivity contribution is 9.09. The van der Waals surface area contributed by atoms with Gasteiger partial charge in [0.15, 0.2) is 9.75 Å². The molecule has 2 aliphatic heterocycles. The predicted octanol–water partition coefficient (Wildman–Crippen LogP) is 1.96. The average Bonchev–Trinajstić information content (AvgIpc) is 3.44. The maximum atomic E-state index is 13.5. The fourth-order valence-electron chi connectivity index (χ4n) is 6.19. The van der Waals surface area contributed by atoms with Crippen LogP contribution in [0.15, 0.2) is 28.2 Å². The first-order valence-corrected chi connectivity index (χ1v) is 13.2. The first kappa shape index (κ1) is 25.4. The highest BCUT2D eigenvalue weighted by atomic mass is 79.9. The van der Waals surface area contributed by atoms with Gasteiger partial charge in [-0.25, -0.2) is 0 Å². The van der Waals surface area contributed by atoms with Crippen molar-refractivity contribution in [2.24, 2.45) is 17.8 Å². The Bertz CT molecular complexity index is 1230. The molecular formula is C23H21BrCl2N2O8. The van der Waals surface area contributed by atoms with Crippen LogP contribution >= 0.6 is 39.1 Å². The van der Waals surface area contributed by atoms with Crippen LogP contribution in [0, 0.1) is 17.8 Å². The van der Waals surface area contributed by atoms with E-state index in [1.807, 2.05) is 0 Å². The molecule has 6 atom stereocenters. The summed E-state index contributed by atoms with van der Waals surface area (Å²) in [5.41, 5.74) is 0.413. The Balaban J connectivity index is 1.64. The van der Waals surface area contributed by atoms with Crippen molar-refractivity contribution in [3.8, 4) is 0 Å². The molecule has 0 radical (unpaired) electrons. The van der Waals surface area contributed by atoms with Gasteiger partial charge in [-0.3, -0.25) is 33.8 Å². The molecule has 0 bridgehead atoms. The van der Waals surface area contributed by atoms with Gasteiger partial charge in [-0.2, -0.15) is 0 Å². The van der Waals surface area contributed by atoms with Gasteiger partial charge in [0.1, 0.15) is 18.1 Å². The molecule has 13 heteroatoms. The number of likely N-dealkylation sites (tertiary alicyclic amines) is 2. The number of halogens is 3. The number of carboxylic acids is 1. The van der Waals surface area contributed by atoms with Gasteiger partial charge in [0.05, 0.1) is 29.6 Å². The topological polar surface area (TPSA) is 145 Å². The van der Waals surface area contributed by atoms with Crippen molar-refractivity contribution >= 4 is 68.7 Å². The molecule has 2 N–H and O–H groups in total. The lowest BCUT2D eigenvalue weighted by atomic mass is 9.57. The number of hydrogen-bond donors (Lipinski definition) is 2. The maximum absolute atomic E-state index is 13.5. The van der Waals surface area contributed by atoms with Gasteiger partial charge in [-0.15, -0.1) is 23.2 Å². The van der Waals surface area contributed by atoms with E-state index in [4.69, 9.17) is 32.7 Å². The number of carbonyl (C=O) groups excluding carboxylic acids is 4. The third-order valence-electron chi connectivity index (χ3n) is 7.78. The molecule has 1 aromatic heterocycles. The minimum atomic E-state index is -1.98. The van der Waals surface area contributed by atoms with Crippen molar-refractivity contribution in [2.45, 2.75) is 41.5 Å². The normalized spacial score (nSPS) is 35.6. The quantitative estimate of drug-likeness (QED) is 0.217. The molecule has 5 rings (SSSR count). The molecule has 4 amide bonds. The number of aliphatic carboxylic acids is 1. The van der Waals surface area contributed by atoms with Gasteiger partial charge in [0.2, 0.25) is 11.8 Å². The van der Waals surface area contributed by atoms with Gasteiger partial charge >= 0.3 is 5.97 Å². The van der Waals surface area contributed by atoms with Crippen LogP contribution in [0.5, 0.6) is 0 Å². The van der Waals surface area contributed by atoms with Gasteiger partial charge < -0.3 is 14.6 Å². The molecule has 2 saturated heterocycles. The number of aliphatic hydroxyl groups excluding tert-OH is 1. The van der Waals surface area contributed by atoms with Crippen molar-refractivity contribution in [1.29, 1.82) is 0 Å². The molecule has 4 aliphatic rings. The second-order valence-electron chi connectivity index (χ2n) is 9.42. The Kier molecular flexibility index (Phi) is 6.13. The lowest BCUT2D eigenvalue weighted by Crippen LogP contribution is -2.60. The van der Waals surface area contributed by atoms with E-state index in [1.54, 1.807) is 12.1 Å². The van der Waals surface area contributed by atoms with Crippen LogP contribution in [0.25, 0.3) is 0 Å². The summed E-state index contributed by atoms with van der Waals surface area (Å²) in [6, 6.07) is 3.06. The predicted molar refractivity (Wildman–Crippen MR) is 127 cm³/mol. The molecule has 3 heterocycles. The molecule has 192 valence electrons. The van der Waals surface area contributed by atoms with Crippen molar-refractivity contribution in [2.75, 3.05) is 12.0 Å². The van der Waals surface area contributed by atoms with E-state index < -0.39 is 76.0 Å². The van der Waals surface area contributed by atoms with Crippen molar-refractivity contribution in [3.05, 3.63) is 35.3 Å². The maximum Gasteiger partial charge on any atom is 0.305 e. The third kappa shape index (κ3) is 3.22. The minimum absolute atomic E-state index is 0.142. The number of furan rings is 1. The Morgan fingerprint density at radius 3 is 2.44 bits per heavy atom. The number of carboxylic acid groups (broad SMARTS) is 1. The zero-order valence-electron chi connectivity index (χ0n) is 18.7. The molecule has 0 aromatic carbocycles. The Morgan fingerprint density at radius 1 is 1.11 bits per heavy atom. The second kappa shape index (κ2) is 8.68. The van der Waals surface area contributed by atoms with Crippen LogP contribution < -0.4 is 0 Å². The number of imide groups is 2. The number of hydrogen-bond acceptors (Lipinski definition) is 7. The zero-order chi connectivity index (χ0) is 26.2. The van der Waals surface area contributed by atoms with Crippen LogP contribution in [0.4, 0.5) is 0 Å². The molecule has 0 spiro atoms. The van der Waals surface area contributed by atoms with Crippen LogP contribution in [-0.2, 0) is 30.6 Å². The van der Waals surface area contributed by atoms with E-state index in [9.17, 15) is 29.1 Å². The van der Waals surface area contributed by atoms with E-state index in [2.05, 4.69) is 15.9 Å². The van der Waals surface area contributed by atoms with Gasteiger partial charge in [-0.05, 0) is 30.9 Å². The molecule has 36 heavy (non-hydrogen) atoms. The molecule has 10 nitrogen and oxygen atoms in total. The second-order valence-corrected chi connectivity index (χ2v) is 11.2. The molecule has 3 fully saturated rings. The number of nitrogens with zero attached hydrogens (tertiary/aromatic N) is 2. The van der Waals surface area contributed by atoms with Gasteiger partial charge in [0, 0.05) is 6.54 Å². The first-order chi connectivity index (χ1) is 17.0. The van der Waals surface area contributed by atoms with Gasteiger partial charge in [-0.1, -0.05) is 27.6 Å². The number of amides is 4. The molecule has 1 saturated carbocycles. The number of fused-ring (bicyclic) bond motifs is 4. The van der Waals surface area contributed by atoms with Gasteiger partial charge in [0.25, 0.3) is 11.8 Å². The Morgan fingerprint density at radius 2 is 1.83 bits per heavy atom. The number of carbonyl (C=O) groups is 5. The lowest BCUT2D eigenvalue weighted by molar-refractivity contribution is -0.143. The van der Waals surface area contributed by atoms with E-state index in [1.165, 1.54) is 6.07 Å². The molecule has 0 unspecified atom stereocenters. The van der Waals surface area contributed by atoms with Crippen LogP contribution in [-0.4, -0.2) is 71.4 Å². The van der Waals surface area contributed by atoms with Crippen molar-refractivity contribution < 1.29 is 38.6 Å². The van der Waals surface area contributed by atoms with Crippen LogP contribution in [0.1, 0.15) is 36.7 Å². The first-order valence-electron chi connectivity index (χ1n) is 11.3. The molecule has 1 aromatic rings. The molecular weight excluding hydrogens is 583 g/mol. The zero-order valence-corrected chi connectivity index (χ0v) is 21.8. The summed E-state index contributed by atoms with van der Waals surface area (Å²) in [5.74, 6) is -6.58. The standard InChI is InChI=1S/C23H21BrCl2N2O8/c24-9-28-20(34)22(25)7-13-11(17(23(22,26)21(28)35)14-4-1-10(8-29)36-14)2-3-12-16(13)19(33)27(18(12)32)6-5-15(30)31/h1-2,4,12-13,16-17,29H,3,5-9H2,(H,30,31)/t12-,13+,16-,17+,22+,23-/m0/s1. The summed E-state index contributed by atoms with van der Waals surface area (Å²) in [7, 11) is 0. The summed E-state index contributed by atoms with van der Waals surface area (Å²) in [5, 5.41) is 18.6. The Labute approximate surface area is 223 Å². The number of alkyl halides is 3. The summed E-state index contributed by atoms with van der Waals surface area (Å²) in [4.78, 5) is 62.5. The van der Waals surface area contributed by atoms with E-state index in [-0.39, 0.29) is 36.4 Å². The number of allylic oxidation sites excluding steroid dienone is 2. The summed E-state index contributed by atoms with van der Waals surface area (Å²) >= 11 is 17.2. The van der Waals surface area contributed by atoms with Crippen LogP contribution in [0.3, 0.4) is 0 Å². The Hall–Kier alpha value is -2.21.